The molecule has 1 aliphatic carbocycles. The molecule has 1 atom stereocenters. The normalized spacial score (nSPS) is 16.0. The molecule has 2 aromatic heterocycles. The molecule has 0 saturated carbocycles. The van der Waals surface area contributed by atoms with Crippen molar-refractivity contribution < 1.29 is 9.18 Å². The van der Waals surface area contributed by atoms with Crippen molar-refractivity contribution in [2.24, 2.45) is 0 Å². The van der Waals surface area contributed by atoms with Crippen molar-refractivity contribution in [2.45, 2.75) is 31.6 Å². The Morgan fingerprint density at radius 3 is 3.12 bits per heavy atom. The lowest BCUT2D eigenvalue weighted by molar-refractivity contribution is -0.119. The first-order valence-corrected chi connectivity index (χ1v) is 9.84. The molecule has 0 spiro atoms. The van der Waals surface area contributed by atoms with Crippen molar-refractivity contribution in [1.82, 2.24) is 14.7 Å². The van der Waals surface area contributed by atoms with Gasteiger partial charge in [0.25, 0.3) is 0 Å². The summed E-state index contributed by atoms with van der Waals surface area (Å²) in [6.07, 6.45) is 5.49. The van der Waals surface area contributed by atoms with E-state index >= 15 is 0 Å². The number of pyridine rings is 1. The van der Waals surface area contributed by atoms with E-state index in [4.69, 9.17) is 0 Å². The summed E-state index contributed by atoms with van der Waals surface area (Å²) in [6, 6.07) is 9.05. The van der Waals surface area contributed by atoms with E-state index in [9.17, 15) is 9.18 Å². The molecule has 3 aromatic rings. The van der Waals surface area contributed by atoms with Gasteiger partial charge in [0.2, 0.25) is 5.91 Å². The van der Waals surface area contributed by atoms with Gasteiger partial charge >= 0.3 is 0 Å². The molecule has 0 saturated heterocycles. The fourth-order valence-corrected chi connectivity index (χ4v) is 4.19. The highest BCUT2D eigenvalue weighted by molar-refractivity contribution is 7.99. The minimum atomic E-state index is -0.171. The monoisotopic (exact) mass is 369 g/mol. The van der Waals surface area contributed by atoms with Crippen LogP contribution >= 0.6 is 11.8 Å². The third-order valence-corrected chi connectivity index (χ3v) is 5.65. The number of benzene rings is 1. The van der Waals surface area contributed by atoms with E-state index in [1.807, 2.05) is 41.9 Å². The molecule has 4 rings (SSSR count). The quantitative estimate of drug-likeness (QED) is 0.744. The highest BCUT2D eigenvalue weighted by Crippen LogP contribution is 2.32. The van der Waals surface area contributed by atoms with Crippen LogP contribution in [0.25, 0.3) is 5.65 Å². The van der Waals surface area contributed by atoms with Crippen LogP contribution in [0.4, 0.5) is 4.39 Å². The molecule has 1 aromatic carbocycles. The summed E-state index contributed by atoms with van der Waals surface area (Å²) < 4.78 is 15.8. The number of imidazole rings is 1. The van der Waals surface area contributed by atoms with Gasteiger partial charge in [-0.05, 0) is 48.6 Å². The number of hydrogen-bond acceptors (Lipinski definition) is 3. The van der Waals surface area contributed by atoms with Gasteiger partial charge in [0.15, 0.2) is 0 Å². The smallest absolute Gasteiger partial charge is 0.230 e. The fourth-order valence-electron chi connectivity index (χ4n) is 3.47. The first-order chi connectivity index (χ1) is 12.6. The van der Waals surface area contributed by atoms with Gasteiger partial charge in [0, 0.05) is 18.1 Å². The van der Waals surface area contributed by atoms with E-state index in [-0.39, 0.29) is 17.8 Å². The van der Waals surface area contributed by atoms with Crippen LogP contribution in [0.2, 0.25) is 0 Å². The number of carbonyl (C=O) groups is 1. The molecule has 4 nitrogen and oxygen atoms in total. The number of aryl methyl sites for hydroxylation is 1. The Morgan fingerprint density at radius 1 is 1.35 bits per heavy atom. The molecule has 2 heterocycles. The second kappa shape index (κ2) is 7.11. The van der Waals surface area contributed by atoms with Crippen molar-refractivity contribution in [2.75, 3.05) is 5.75 Å². The van der Waals surface area contributed by atoms with Gasteiger partial charge in [-0.1, -0.05) is 18.2 Å². The molecule has 134 valence electrons. The van der Waals surface area contributed by atoms with E-state index in [0.717, 1.165) is 28.9 Å². The molecule has 6 heteroatoms. The fraction of sp³-hybridized carbons (Fsp3) is 0.300. The molecule has 0 bridgehead atoms. The summed E-state index contributed by atoms with van der Waals surface area (Å²) in [4.78, 5) is 16.8. The number of halogens is 1. The van der Waals surface area contributed by atoms with Gasteiger partial charge in [-0.25, -0.2) is 9.37 Å². The van der Waals surface area contributed by atoms with E-state index in [0.29, 0.717) is 17.9 Å². The van der Waals surface area contributed by atoms with Crippen LogP contribution in [0.3, 0.4) is 0 Å². The minimum absolute atomic E-state index is 0.0169. The molecule has 0 aliphatic heterocycles. The van der Waals surface area contributed by atoms with E-state index in [1.165, 1.54) is 23.4 Å². The predicted molar refractivity (Wildman–Crippen MR) is 102 cm³/mol. The third-order valence-electron chi connectivity index (χ3n) is 4.68. The van der Waals surface area contributed by atoms with Crippen LogP contribution in [0, 0.1) is 12.7 Å². The minimum Gasteiger partial charge on any atom is -0.349 e. The standard InChI is InChI=1S/C20H20FN3OS/c1-13-5-8-19-22-14(10-24(19)9-13)11-26-12-20(25)23-18-7-6-15-16(18)3-2-4-17(15)21/h2-5,8-10,18H,6-7,11-12H2,1H3,(H,23,25). The number of nitrogens with zero attached hydrogens (tertiary/aromatic N) is 2. The number of fused-ring (bicyclic) bond motifs is 2. The lowest BCUT2D eigenvalue weighted by Gasteiger charge is -2.14. The number of carbonyl (C=O) groups excluding carboxylic acids is 1. The molecule has 1 unspecified atom stereocenters. The van der Waals surface area contributed by atoms with Crippen molar-refractivity contribution >= 4 is 23.3 Å². The van der Waals surface area contributed by atoms with Gasteiger partial charge in [-0.15, -0.1) is 11.8 Å². The highest BCUT2D eigenvalue weighted by atomic mass is 32.2. The zero-order chi connectivity index (χ0) is 18.1. The first kappa shape index (κ1) is 17.1. The molecular formula is C20H20FN3OS. The average molecular weight is 369 g/mol. The summed E-state index contributed by atoms with van der Waals surface area (Å²) in [7, 11) is 0. The number of aromatic nitrogens is 2. The largest absolute Gasteiger partial charge is 0.349 e. The van der Waals surface area contributed by atoms with Gasteiger partial charge < -0.3 is 9.72 Å². The van der Waals surface area contributed by atoms with Crippen molar-refractivity contribution in [1.29, 1.82) is 0 Å². The van der Waals surface area contributed by atoms with Crippen LogP contribution in [-0.4, -0.2) is 21.0 Å². The Bertz CT molecular complexity index is 969. The van der Waals surface area contributed by atoms with Gasteiger partial charge in [-0.2, -0.15) is 0 Å². The maximum atomic E-state index is 13.8. The summed E-state index contributed by atoms with van der Waals surface area (Å²) >= 11 is 1.54. The van der Waals surface area contributed by atoms with Crippen LogP contribution in [0.1, 0.15) is 34.8 Å². The Morgan fingerprint density at radius 2 is 2.23 bits per heavy atom. The van der Waals surface area contributed by atoms with Crippen LogP contribution < -0.4 is 5.32 Å². The number of rotatable bonds is 5. The summed E-state index contributed by atoms with van der Waals surface area (Å²) in [6.45, 7) is 2.05. The lowest BCUT2D eigenvalue weighted by atomic mass is 10.1. The van der Waals surface area contributed by atoms with Crippen LogP contribution in [0.5, 0.6) is 0 Å². The molecule has 1 amide bonds. The summed E-state index contributed by atoms with van der Waals surface area (Å²) in [5.74, 6) is 0.866. The van der Waals surface area contributed by atoms with Crippen LogP contribution in [-0.2, 0) is 17.0 Å². The molecule has 1 N–H and O–H groups in total. The Kier molecular flexibility index (Phi) is 4.68. The van der Waals surface area contributed by atoms with Crippen LogP contribution in [0.15, 0.2) is 42.7 Å². The summed E-state index contributed by atoms with van der Waals surface area (Å²) in [5.41, 5.74) is 4.72. The Hall–Kier alpha value is -2.34. The third kappa shape index (κ3) is 3.46. The van der Waals surface area contributed by atoms with Gasteiger partial charge in [0.1, 0.15) is 11.5 Å². The second-order valence-electron chi connectivity index (χ2n) is 6.66. The maximum Gasteiger partial charge on any atom is 0.230 e. The molecular weight excluding hydrogens is 349 g/mol. The SMILES string of the molecule is Cc1ccc2nc(CSCC(=O)NC3CCc4c(F)cccc43)cn2c1. The number of amides is 1. The van der Waals surface area contributed by atoms with Gasteiger partial charge in [0.05, 0.1) is 17.5 Å². The Balaban J connectivity index is 1.31. The molecule has 1 aliphatic rings. The number of thioether (sulfide) groups is 1. The highest BCUT2D eigenvalue weighted by Gasteiger charge is 2.25. The number of hydrogen-bond donors (Lipinski definition) is 1. The average Bonchev–Trinajstić information content (AvgIpc) is 3.19. The van der Waals surface area contributed by atoms with E-state index in [1.54, 1.807) is 6.07 Å². The molecule has 26 heavy (non-hydrogen) atoms. The molecule has 0 radical (unpaired) electrons. The van der Waals surface area contributed by atoms with Gasteiger partial charge in [-0.3, -0.25) is 4.79 Å². The van der Waals surface area contributed by atoms with E-state index < -0.39 is 0 Å². The Labute approximate surface area is 155 Å². The summed E-state index contributed by atoms with van der Waals surface area (Å²) in [5, 5.41) is 3.03. The topological polar surface area (TPSA) is 46.4 Å². The van der Waals surface area contributed by atoms with Crippen molar-refractivity contribution in [3.8, 4) is 0 Å². The predicted octanol–water partition coefficient (Wildman–Crippen LogP) is 3.82. The zero-order valence-electron chi connectivity index (χ0n) is 14.5. The number of nitrogens with one attached hydrogen (secondary N) is 1. The zero-order valence-corrected chi connectivity index (χ0v) is 15.4. The maximum absolute atomic E-state index is 13.8. The van der Waals surface area contributed by atoms with E-state index in [2.05, 4.69) is 10.3 Å². The first-order valence-electron chi connectivity index (χ1n) is 8.69. The second-order valence-corrected chi connectivity index (χ2v) is 7.65. The van der Waals surface area contributed by atoms with Crippen molar-refractivity contribution in [3.63, 3.8) is 0 Å². The van der Waals surface area contributed by atoms with Crippen molar-refractivity contribution in [3.05, 3.63) is 70.9 Å². The molecule has 0 fully saturated rings. The lowest BCUT2D eigenvalue weighted by Crippen LogP contribution is -2.28.